The molecule has 0 spiro atoms. The Balaban J connectivity index is 2.97. The van der Waals surface area contributed by atoms with Gasteiger partial charge in [-0.05, 0) is 19.1 Å². The summed E-state index contributed by atoms with van der Waals surface area (Å²) >= 11 is 4.80. The molecular weight excluding hydrogens is 200 g/mol. The van der Waals surface area contributed by atoms with Crippen LogP contribution >= 0.6 is 12.2 Å². The van der Waals surface area contributed by atoms with Crippen molar-refractivity contribution >= 4 is 29.6 Å². The summed E-state index contributed by atoms with van der Waals surface area (Å²) in [5.74, 6) is 0.940. The van der Waals surface area contributed by atoms with Gasteiger partial charge in [-0.2, -0.15) is 0 Å². The van der Waals surface area contributed by atoms with E-state index in [9.17, 15) is 0 Å². The number of nitrogens with two attached hydrogens (primary N) is 1. The first-order chi connectivity index (χ1) is 6.63. The average Bonchev–Trinajstić information content (AvgIpc) is 2.10. The van der Waals surface area contributed by atoms with Crippen molar-refractivity contribution in [1.82, 2.24) is 9.97 Å². The molecule has 6 heteroatoms. The van der Waals surface area contributed by atoms with E-state index in [-0.39, 0.29) is 0 Å². The fraction of sp³-hybridized carbons (Fsp3) is 0.375. The molecule has 0 fully saturated rings. The van der Waals surface area contributed by atoms with Crippen molar-refractivity contribution in [3.05, 3.63) is 11.0 Å². The number of aliphatic imine (C=N–C) groups is 1. The summed E-state index contributed by atoms with van der Waals surface area (Å²) in [5, 5.41) is 0. The number of aromatic nitrogens is 2. The Labute approximate surface area is 87.0 Å². The lowest BCUT2D eigenvalue weighted by Crippen LogP contribution is -1.99. The molecular formula is C8H12N4OS. The molecule has 76 valence electrons. The average molecular weight is 212 g/mol. The molecule has 0 amide bonds. The molecule has 14 heavy (non-hydrogen) atoms. The van der Waals surface area contributed by atoms with E-state index in [0.29, 0.717) is 28.8 Å². The summed E-state index contributed by atoms with van der Waals surface area (Å²) in [6.07, 6.45) is 1.51. The maximum Gasteiger partial charge on any atom is 0.198 e. The van der Waals surface area contributed by atoms with Gasteiger partial charge in [0.15, 0.2) is 10.7 Å². The maximum absolute atomic E-state index is 5.64. The number of ether oxygens (including phenoxy) is 1. The quantitative estimate of drug-likeness (QED) is 0.445. The van der Waals surface area contributed by atoms with E-state index >= 15 is 0 Å². The smallest absolute Gasteiger partial charge is 0.198 e. The first kappa shape index (κ1) is 10.6. The van der Waals surface area contributed by atoms with Crippen molar-refractivity contribution < 1.29 is 4.74 Å². The number of rotatable bonds is 2. The van der Waals surface area contributed by atoms with Gasteiger partial charge in [0.05, 0.1) is 12.8 Å². The highest BCUT2D eigenvalue weighted by atomic mass is 32.1. The lowest BCUT2D eigenvalue weighted by molar-refractivity contribution is 0.325. The molecule has 0 aliphatic rings. The predicted octanol–water partition coefficient (Wildman–Crippen LogP) is 1.81. The summed E-state index contributed by atoms with van der Waals surface area (Å²) in [6, 6.07) is 0. The van der Waals surface area contributed by atoms with Crippen molar-refractivity contribution in [2.45, 2.75) is 13.8 Å². The highest BCUT2D eigenvalue weighted by molar-refractivity contribution is 7.71. The lowest BCUT2D eigenvalue weighted by atomic mass is 10.5. The molecule has 0 saturated carbocycles. The molecule has 0 aliphatic carbocycles. The number of aromatic amines is 1. The van der Waals surface area contributed by atoms with Gasteiger partial charge in [-0.25, -0.2) is 9.98 Å². The third-order valence-corrected chi connectivity index (χ3v) is 1.66. The van der Waals surface area contributed by atoms with Gasteiger partial charge >= 0.3 is 0 Å². The maximum atomic E-state index is 5.64. The first-order valence-electron chi connectivity index (χ1n) is 4.16. The second kappa shape index (κ2) is 4.71. The highest BCUT2D eigenvalue weighted by Gasteiger charge is 1.98. The minimum Gasteiger partial charge on any atom is -0.481 e. The van der Waals surface area contributed by atoms with Gasteiger partial charge in [0.1, 0.15) is 11.5 Å². The molecule has 0 bridgehead atoms. The van der Waals surface area contributed by atoms with Gasteiger partial charge in [-0.15, -0.1) is 0 Å². The van der Waals surface area contributed by atoms with E-state index in [1.54, 1.807) is 6.92 Å². The molecule has 1 aromatic rings. The lowest BCUT2D eigenvalue weighted by Gasteiger charge is -2.02. The number of nitrogens with zero attached hydrogens (tertiary/aromatic N) is 2. The number of anilines is 1. The monoisotopic (exact) mass is 212 g/mol. The van der Waals surface area contributed by atoms with Crippen molar-refractivity contribution in [2.24, 2.45) is 4.99 Å². The van der Waals surface area contributed by atoms with Crippen LogP contribution in [0.2, 0.25) is 0 Å². The normalized spacial score (nSPS) is 11.4. The molecule has 0 radical (unpaired) electrons. The number of nitrogen functional groups attached to an aromatic ring is 1. The van der Waals surface area contributed by atoms with Crippen LogP contribution < -0.4 is 5.73 Å². The van der Waals surface area contributed by atoms with Gasteiger partial charge in [-0.1, -0.05) is 0 Å². The van der Waals surface area contributed by atoms with E-state index < -0.39 is 0 Å². The number of hydrogen-bond donors (Lipinski definition) is 2. The largest absolute Gasteiger partial charge is 0.481 e. The molecule has 0 saturated heterocycles. The molecule has 0 atom stereocenters. The van der Waals surface area contributed by atoms with Gasteiger partial charge in [-0.3, -0.25) is 0 Å². The van der Waals surface area contributed by atoms with Crippen molar-refractivity contribution in [2.75, 3.05) is 12.3 Å². The topological polar surface area (TPSA) is 76.3 Å². The van der Waals surface area contributed by atoms with Crippen molar-refractivity contribution in [3.63, 3.8) is 0 Å². The van der Waals surface area contributed by atoms with E-state index in [1.165, 1.54) is 6.20 Å². The molecule has 1 heterocycles. The van der Waals surface area contributed by atoms with Gasteiger partial charge < -0.3 is 15.5 Å². The second-order valence-corrected chi connectivity index (χ2v) is 2.94. The third-order valence-electron chi connectivity index (χ3n) is 1.45. The summed E-state index contributed by atoms with van der Waals surface area (Å²) in [4.78, 5) is 10.7. The standard InChI is InChI=1S/C8H12N4OS/c1-3-13-5(2)11-6-4-10-8(14)12-7(6)9/h4H,3H2,1-2H3,(H3,9,10,12,14). The molecule has 1 rings (SSSR count). The summed E-state index contributed by atoms with van der Waals surface area (Å²) in [5.41, 5.74) is 6.17. The van der Waals surface area contributed by atoms with E-state index in [0.717, 1.165) is 0 Å². The molecule has 1 aromatic heterocycles. The number of H-pyrrole nitrogens is 1. The minimum absolute atomic E-state index is 0.343. The van der Waals surface area contributed by atoms with Crippen LogP contribution in [0.25, 0.3) is 0 Å². The van der Waals surface area contributed by atoms with Crippen LogP contribution in [0.4, 0.5) is 11.5 Å². The van der Waals surface area contributed by atoms with Gasteiger partial charge in [0.2, 0.25) is 0 Å². The molecule has 0 aromatic carbocycles. The Morgan fingerprint density at radius 1 is 1.79 bits per heavy atom. The van der Waals surface area contributed by atoms with Crippen LogP contribution in [0.1, 0.15) is 13.8 Å². The Kier molecular flexibility index (Phi) is 3.58. The molecule has 0 unspecified atom stereocenters. The van der Waals surface area contributed by atoms with Crippen LogP contribution in [-0.4, -0.2) is 22.5 Å². The predicted molar refractivity (Wildman–Crippen MR) is 58.2 cm³/mol. The van der Waals surface area contributed by atoms with Crippen LogP contribution in [-0.2, 0) is 4.74 Å². The van der Waals surface area contributed by atoms with Crippen LogP contribution in [0.3, 0.4) is 0 Å². The Morgan fingerprint density at radius 2 is 2.50 bits per heavy atom. The van der Waals surface area contributed by atoms with E-state index in [1.807, 2.05) is 6.92 Å². The Morgan fingerprint density at radius 3 is 3.07 bits per heavy atom. The highest BCUT2D eigenvalue weighted by Crippen LogP contribution is 2.17. The Hall–Kier alpha value is -1.43. The van der Waals surface area contributed by atoms with Gasteiger partial charge in [0, 0.05) is 6.92 Å². The fourth-order valence-corrected chi connectivity index (χ4v) is 1.06. The summed E-state index contributed by atoms with van der Waals surface area (Å²) < 4.78 is 5.50. The van der Waals surface area contributed by atoms with Crippen molar-refractivity contribution in [3.8, 4) is 0 Å². The first-order valence-corrected chi connectivity index (χ1v) is 4.57. The number of hydrogen-bond acceptors (Lipinski definition) is 5. The Bertz CT molecular complexity index is 399. The SMILES string of the molecule is CCOC(C)=Nc1cnc(=S)[nH]c1N. The summed E-state index contributed by atoms with van der Waals surface area (Å²) in [7, 11) is 0. The van der Waals surface area contributed by atoms with E-state index in [4.69, 9.17) is 22.7 Å². The van der Waals surface area contributed by atoms with E-state index in [2.05, 4.69) is 15.0 Å². The third kappa shape index (κ3) is 2.81. The fourth-order valence-electron chi connectivity index (χ4n) is 0.901. The zero-order valence-corrected chi connectivity index (χ0v) is 8.89. The zero-order chi connectivity index (χ0) is 10.6. The molecule has 5 nitrogen and oxygen atoms in total. The second-order valence-electron chi connectivity index (χ2n) is 2.55. The van der Waals surface area contributed by atoms with Crippen LogP contribution in [0.5, 0.6) is 0 Å². The van der Waals surface area contributed by atoms with Crippen LogP contribution in [0.15, 0.2) is 11.2 Å². The zero-order valence-electron chi connectivity index (χ0n) is 8.07. The minimum atomic E-state index is 0.343. The van der Waals surface area contributed by atoms with Gasteiger partial charge in [0.25, 0.3) is 0 Å². The van der Waals surface area contributed by atoms with Crippen LogP contribution in [0, 0.1) is 4.77 Å². The summed E-state index contributed by atoms with van der Waals surface area (Å²) in [6.45, 7) is 4.22. The number of nitrogens with one attached hydrogen (secondary N) is 1. The van der Waals surface area contributed by atoms with Crippen molar-refractivity contribution in [1.29, 1.82) is 0 Å². The molecule has 3 N–H and O–H groups in total. The molecule has 0 aliphatic heterocycles.